The third-order valence-corrected chi connectivity index (χ3v) is 7.25. The Morgan fingerprint density at radius 2 is 1.50 bits per heavy atom. The molecule has 0 bridgehead atoms. The zero-order valence-electron chi connectivity index (χ0n) is 17.9. The maximum absolute atomic E-state index is 15.0. The summed E-state index contributed by atoms with van der Waals surface area (Å²) in [5, 5.41) is 2.17. The number of hydrogen-bond acceptors (Lipinski definition) is 6. The number of halogens is 1. The van der Waals surface area contributed by atoms with Crippen molar-refractivity contribution in [3.8, 4) is 0 Å². The number of nitrogens with one attached hydrogen (secondary N) is 1. The Morgan fingerprint density at radius 1 is 0.844 bits per heavy atom. The number of amides is 4. The maximum Gasteiger partial charge on any atom is 0.262 e. The third-order valence-electron chi connectivity index (χ3n) is 7.25. The molecule has 0 spiro atoms. The maximum atomic E-state index is 15.0. The van der Waals surface area contributed by atoms with Crippen molar-refractivity contribution in [1.29, 1.82) is 0 Å². The van der Waals surface area contributed by atoms with Crippen LogP contribution in [-0.2, 0) is 9.59 Å². The number of rotatable bonds is 3. The van der Waals surface area contributed by atoms with Gasteiger partial charge in [-0.05, 0) is 31.4 Å². The van der Waals surface area contributed by atoms with Gasteiger partial charge in [-0.1, -0.05) is 19.3 Å². The summed E-state index contributed by atoms with van der Waals surface area (Å²) >= 11 is 0. The van der Waals surface area contributed by atoms with Crippen molar-refractivity contribution >= 4 is 29.3 Å². The van der Waals surface area contributed by atoms with Crippen LogP contribution in [0.3, 0.4) is 0 Å². The summed E-state index contributed by atoms with van der Waals surface area (Å²) < 4.78 is 15.0. The second-order valence-electron chi connectivity index (χ2n) is 9.11. The van der Waals surface area contributed by atoms with Crippen LogP contribution >= 0.6 is 0 Å². The molecule has 5 rings (SSSR count). The van der Waals surface area contributed by atoms with Gasteiger partial charge in [-0.15, -0.1) is 0 Å². The van der Waals surface area contributed by atoms with E-state index in [1.807, 2.05) is 4.90 Å². The highest BCUT2D eigenvalue weighted by molar-refractivity contribution is 6.23. The summed E-state index contributed by atoms with van der Waals surface area (Å²) in [6.07, 6.45) is 6.41. The zero-order valence-corrected chi connectivity index (χ0v) is 17.9. The average molecular weight is 442 g/mol. The van der Waals surface area contributed by atoms with Crippen LogP contribution in [0.15, 0.2) is 12.1 Å². The van der Waals surface area contributed by atoms with Crippen molar-refractivity contribution in [3.63, 3.8) is 0 Å². The predicted molar refractivity (Wildman–Crippen MR) is 114 cm³/mol. The van der Waals surface area contributed by atoms with Gasteiger partial charge in [-0.2, -0.15) is 0 Å². The largest absolute Gasteiger partial charge is 0.367 e. The summed E-state index contributed by atoms with van der Waals surface area (Å²) in [6.45, 7) is 3.00. The van der Waals surface area contributed by atoms with Crippen LogP contribution in [0.5, 0.6) is 0 Å². The van der Waals surface area contributed by atoms with Gasteiger partial charge in [0.15, 0.2) is 0 Å². The number of fused-ring (bicyclic) bond motifs is 1. The number of imide groups is 2. The Bertz CT molecular complexity index is 982. The van der Waals surface area contributed by atoms with Gasteiger partial charge >= 0.3 is 0 Å². The number of benzene rings is 1. The van der Waals surface area contributed by atoms with Crippen LogP contribution in [0.25, 0.3) is 0 Å². The third kappa shape index (κ3) is 3.58. The molecule has 1 N–H and O–H groups in total. The van der Waals surface area contributed by atoms with Crippen LogP contribution in [0, 0.1) is 5.82 Å². The van der Waals surface area contributed by atoms with Gasteiger partial charge in [0, 0.05) is 38.6 Å². The molecule has 170 valence electrons. The minimum Gasteiger partial charge on any atom is -0.367 e. The molecule has 9 heteroatoms. The van der Waals surface area contributed by atoms with E-state index in [2.05, 4.69) is 10.2 Å². The van der Waals surface area contributed by atoms with Gasteiger partial charge in [0.1, 0.15) is 11.9 Å². The molecule has 1 aromatic carbocycles. The van der Waals surface area contributed by atoms with Crippen LogP contribution in [0.1, 0.15) is 65.7 Å². The molecule has 4 aliphatic rings. The Morgan fingerprint density at radius 3 is 2.16 bits per heavy atom. The van der Waals surface area contributed by atoms with Gasteiger partial charge in [-0.25, -0.2) is 4.39 Å². The van der Waals surface area contributed by atoms with Crippen molar-refractivity contribution in [2.45, 2.75) is 57.0 Å². The van der Waals surface area contributed by atoms with Crippen molar-refractivity contribution in [2.24, 2.45) is 0 Å². The fourth-order valence-corrected chi connectivity index (χ4v) is 5.50. The monoisotopic (exact) mass is 442 g/mol. The molecule has 32 heavy (non-hydrogen) atoms. The normalized spacial score (nSPS) is 25.3. The van der Waals surface area contributed by atoms with E-state index in [1.54, 1.807) is 0 Å². The van der Waals surface area contributed by atoms with Gasteiger partial charge in [0.2, 0.25) is 11.8 Å². The number of nitrogens with zero attached hydrogens (tertiary/aromatic N) is 3. The van der Waals surface area contributed by atoms with Gasteiger partial charge in [-0.3, -0.25) is 34.3 Å². The Kier molecular flexibility index (Phi) is 5.44. The molecule has 4 amide bonds. The summed E-state index contributed by atoms with van der Waals surface area (Å²) in [4.78, 5) is 54.8. The quantitative estimate of drug-likeness (QED) is 0.717. The molecule has 2 saturated heterocycles. The number of carbonyl (C=O) groups excluding carboxylic acids is 4. The molecule has 1 atom stereocenters. The summed E-state index contributed by atoms with van der Waals surface area (Å²) in [5.74, 6) is -2.94. The van der Waals surface area contributed by atoms with E-state index in [1.165, 1.54) is 38.2 Å². The lowest BCUT2D eigenvalue weighted by Gasteiger charge is -2.41. The fourth-order valence-electron chi connectivity index (χ4n) is 5.50. The Balaban J connectivity index is 1.34. The van der Waals surface area contributed by atoms with Crippen molar-refractivity contribution < 1.29 is 23.6 Å². The summed E-state index contributed by atoms with van der Waals surface area (Å²) in [5.41, 5.74) is 0.408. The lowest BCUT2D eigenvalue weighted by molar-refractivity contribution is -0.136. The molecule has 8 nitrogen and oxygen atoms in total. The number of piperidine rings is 1. The second kappa shape index (κ2) is 8.27. The predicted octanol–water partition coefficient (Wildman–Crippen LogP) is 1.68. The fraction of sp³-hybridized carbons (Fsp3) is 0.565. The lowest BCUT2D eigenvalue weighted by atomic mass is 9.94. The number of anilines is 1. The van der Waals surface area contributed by atoms with Crippen molar-refractivity contribution in [1.82, 2.24) is 15.1 Å². The van der Waals surface area contributed by atoms with Crippen molar-refractivity contribution in [2.75, 3.05) is 31.1 Å². The summed E-state index contributed by atoms with van der Waals surface area (Å²) in [7, 11) is 0. The first-order chi connectivity index (χ1) is 15.4. The van der Waals surface area contributed by atoms with Crippen LogP contribution in [0.4, 0.5) is 10.1 Å². The van der Waals surface area contributed by atoms with Gasteiger partial charge in [0.05, 0.1) is 16.8 Å². The zero-order chi connectivity index (χ0) is 22.4. The van der Waals surface area contributed by atoms with E-state index < -0.39 is 35.5 Å². The lowest BCUT2D eigenvalue weighted by Crippen LogP contribution is -2.54. The molecule has 1 aliphatic carbocycles. The molecular weight excluding hydrogens is 415 g/mol. The molecule has 0 aromatic heterocycles. The van der Waals surface area contributed by atoms with E-state index in [4.69, 9.17) is 0 Å². The number of hydrogen-bond donors (Lipinski definition) is 1. The smallest absolute Gasteiger partial charge is 0.262 e. The first-order valence-corrected chi connectivity index (χ1v) is 11.5. The van der Waals surface area contributed by atoms with Crippen LogP contribution in [0.2, 0.25) is 0 Å². The molecule has 3 aliphatic heterocycles. The first kappa shape index (κ1) is 21.1. The van der Waals surface area contributed by atoms with E-state index in [-0.39, 0.29) is 24.0 Å². The van der Waals surface area contributed by atoms with E-state index >= 15 is 4.39 Å². The summed E-state index contributed by atoms with van der Waals surface area (Å²) in [6, 6.07) is 2.12. The average Bonchev–Trinajstić information content (AvgIpc) is 3.03. The van der Waals surface area contributed by atoms with Gasteiger partial charge in [0.25, 0.3) is 11.8 Å². The Labute approximate surface area is 185 Å². The molecule has 3 fully saturated rings. The molecule has 3 heterocycles. The second-order valence-corrected chi connectivity index (χ2v) is 9.11. The highest BCUT2D eigenvalue weighted by atomic mass is 19.1. The Hall–Kier alpha value is -2.81. The van der Waals surface area contributed by atoms with E-state index in [0.29, 0.717) is 24.8 Å². The SMILES string of the molecule is O=C1CCC(N2C(=O)c3cc(F)c(N4CCN(C5CCCCC5)CC4)cc3C2=O)C(=O)N1. The molecule has 1 aromatic rings. The molecular formula is C23H27FN4O4. The minimum absolute atomic E-state index is 0.0261. The first-order valence-electron chi connectivity index (χ1n) is 11.5. The number of piperazine rings is 1. The van der Waals surface area contributed by atoms with Gasteiger partial charge < -0.3 is 4.90 Å². The minimum atomic E-state index is -1.05. The topological polar surface area (TPSA) is 90.0 Å². The van der Waals surface area contributed by atoms with Crippen LogP contribution < -0.4 is 10.2 Å². The highest BCUT2D eigenvalue weighted by Gasteiger charge is 2.45. The molecule has 1 unspecified atom stereocenters. The van der Waals surface area contributed by atoms with E-state index in [9.17, 15) is 19.2 Å². The van der Waals surface area contributed by atoms with Crippen molar-refractivity contribution in [3.05, 3.63) is 29.1 Å². The standard InChI is InChI=1S/C23H27FN4O4/c24-17-12-15-16(23(32)28(22(15)31)18-6-7-20(29)25-21(18)30)13-19(17)27-10-8-26(9-11-27)14-4-2-1-3-5-14/h12-14,18H,1-11H2,(H,25,29,30). The molecule has 0 radical (unpaired) electrons. The molecule has 1 saturated carbocycles. The van der Waals surface area contributed by atoms with Crippen LogP contribution in [-0.4, -0.2) is 71.7 Å². The highest BCUT2D eigenvalue weighted by Crippen LogP contribution is 2.33. The number of carbonyl (C=O) groups is 4. The van der Waals surface area contributed by atoms with E-state index in [0.717, 1.165) is 24.1 Å².